The molecule has 1 unspecified atom stereocenters. The minimum atomic E-state index is 0.229. The highest BCUT2D eigenvalue weighted by Gasteiger charge is 2.13. The van der Waals surface area contributed by atoms with Crippen LogP contribution < -0.4 is 5.32 Å². The van der Waals surface area contributed by atoms with Crippen LogP contribution in [0.4, 0.5) is 0 Å². The highest BCUT2D eigenvalue weighted by atomic mass is 79.9. The van der Waals surface area contributed by atoms with Crippen molar-refractivity contribution in [2.75, 3.05) is 0 Å². The van der Waals surface area contributed by atoms with Crippen LogP contribution in [-0.4, -0.2) is 14.6 Å². The van der Waals surface area contributed by atoms with Crippen molar-refractivity contribution in [3.63, 3.8) is 0 Å². The molecule has 4 nitrogen and oxygen atoms in total. The molecule has 3 aromatic heterocycles. The predicted octanol–water partition coefficient (Wildman–Crippen LogP) is 4.02. The van der Waals surface area contributed by atoms with E-state index in [2.05, 4.69) is 56.6 Å². The van der Waals surface area contributed by atoms with E-state index >= 15 is 0 Å². The summed E-state index contributed by atoms with van der Waals surface area (Å²) >= 11 is 5.24. The van der Waals surface area contributed by atoms with E-state index in [1.807, 2.05) is 23.7 Å². The lowest BCUT2D eigenvalue weighted by molar-refractivity contribution is 0.568. The summed E-state index contributed by atoms with van der Waals surface area (Å²) in [6.07, 6.45) is 1.95. The van der Waals surface area contributed by atoms with Crippen molar-refractivity contribution in [3.8, 4) is 0 Å². The van der Waals surface area contributed by atoms with Crippen molar-refractivity contribution in [1.29, 1.82) is 0 Å². The number of nitrogens with zero attached hydrogens (tertiary/aromatic N) is 3. The molecule has 0 aliphatic heterocycles. The number of nitrogens with one attached hydrogen (secondary N) is 1. The molecule has 0 aliphatic carbocycles. The van der Waals surface area contributed by atoms with Crippen LogP contribution in [0.15, 0.2) is 28.2 Å². The first kappa shape index (κ1) is 14.7. The summed E-state index contributed by atoms with van der Waals surface area (Å²) in [7, 11) is 0. The largest absolute Gasteiger partial charge is 0.305 e. The van der Waals surface area contributed by atoms with Crippen LogP contribution in [0, 0.1) is 13.8 Å². The average Bonchev–Trinajstić information content (AvgIpc) is 3.02. The third kappa shape index (κ3) is 3.02. The zero-order valence-corrected chi connectivity index (χ0v) is 14.6. The highest BCUT2D eigenvalue weighted by molar-refractivity contribution is 9.10. The zero-order chi connectivity index (χ0) is 15.0. The first-order valence-corrected chi connectivity index (χ1v) is 8.50. The van der Waals surface area contributed by atoms with Crippen LogP contribution in [0.3, 0.4) is 0 Å². The van der Waals surface area contributed by atoms with Crippen LogP contribution >= 0.6 is 27.3 Å². The number of fused-ring (bicyclic) bond motifs is 1. The maximum atomic E-state index is 4.50. The first-order chi connectivity index (χ1) is 10.0. The van der Waals surface area contributed by atoms with E-state index in [0.29, 0.717) is 0 Å². The van der Waals surface area contributed by atoms with Crippen molar-refractivity contribution in [2.24, 2.45) is 0 Å². The molecule has 6 heteroatoms. The second-order valence-corrected chi connectivity index (χ2v) is 7.10. The van der Waals surface area contributed by atoms with Gasteiger partial charge in [0.15, 0.2) is 5.65 Å². The Kier molecular flexibility index (Phi) is 4.10. The van der Waals surface area contributed by atoms with Gasteiger partial charge in [-0.2, -0.15) is 5.10 Å². The predicted molar refractivity (Wildman–Crippen MR) is 89.7 cm³/mol. The summed E-state index contributed by atoms with van der Waals surface area (Å²) < 4.78 is 3.06. The fourth-order valence-corrected chi connectivity index (χ4v) is 3.81. The van der Waals surface area contributed by atoms with Gasteiger partial charge in [0.05, 0.1) is 5.69 Å². The molecule has 0 amide bonds. The number of thiophene rings is 1. The molecule has 3 rings (SSSR count). The van der Waals surface area contributed by atoms with Gasteiger partial charge < -0.3 is 5.32 Å². The Bertz CT molecular complexity index is 777. The van der Waals surface area contributed by atoms with Gasteiger partial charge >= 0.3 is 0 Å². The van der Waals surface area contributed by atoms with Gasteiger partial charge in [-0.25, -0.2) is 9.50 Å². The average molecular weight is 365 g/mol. The molecule has 0 saturated heterocycles. The number of aryl methyl sites for hydroxylation is 2. The molecule has 21 heavy (non-hydrogen) atoms. The smallest absolute Gasteiger partial charge is 0.155 e. The number of hydrogen-bond acceptors (Lipinski definition) is 4. The van der Waals surface area contributed by atoms with Crippen molar-refractivity contribution in [1.82, 2.24) is 19.9 Å². The summed E-state index contributed by atoms with van der Waals surface area (Å²) in [5.74, 6) is 0. The van der Waals surface area contributed by atoms with Crippen molar-refractivity contribution in [2.45, 2.75) is 33.4 Å². The molecule has 0 aliphatic rings. The minimum Gasteiger partial charge on any atom is -0.305 e. The molecular formula is C15H17BrN4S. The molecule has 1 N–H and O–H groups in total. The third-order valence-electron chi connectivity index (χ3n) is 3.55. The number of halogens is 1. The summed E-state index contributed by atoms with van der Waals surface area (Å²) in [4.78, 5) is 5.81. The van der Waals surface area contributed by atoms with Gasteiger partial charge in [0.25, 0.3) is 0 Å². The van der Waals surface area contributed by atoms with Crippen LogP contribution in [0.1, 0.15) is 34.8 Å². The van der Waals surface area contributed by atoms with E-state index in [0.717, 1.165) is 28.1 Å². The summed E-state index contributed by atoms with van der Waals surface area (Å²) in [5.41, 5.74) is 4.22. The SMILES string of the molecule is Cc1cc2ncc(C(C)NCc3cc(Br)cs3)c(C)n2n1. The lowest BCUT2D eigenvalue weighted by Gasteiger charge is -2.16. The zero-order valence-electron chi connectivity index (χ0n) is 12.2. The topological polar surface area (TPSA) is 42.2 Å². The van der Waals surface area contributed by atoms with Crippen LogP contribution in [0.2, 0.25) is 0 Å². The molecule has 1 atom stereocenters. The van der Waals surface area contributed by atoms with E-state index < -0.39 is 0 Å². The van der Waals surface area contributed by atoms with E-state index in [4.69, 9.17) is 0 Å². The fourth-order valence-electron chi connectivity index (χ4n) is 2.41. The van der Waals surface area contributed by atoms with Gasteiger partial charge in [-0.05, 0) is 42.8 Å². The molecule has 0 bridgehead atoms. The van der Waals surface area contributed by atoms with E-state index in [1.54, 1.807) is 11.3 Å². The molecular weight excluding hydrogens is 348 g/mol. The van der Waals surface area contributed by atoms with Gasteiger partial charge in [-0.15, -0.1) is 11.3 Å². The second kappa shape index (κ2) is 5.87. The second-order valence-electron chi connectivity index (χ2n) is 5.19. The maximum Gasteiger partial charge on any atom is 0.155 e. The maximum absolute atomic E-state index is 4.50. The van der Waals surface area contributed by atoms with E-state index in [-0.39, 0.29) is 6.04 Å². The van der Waals surface area contributed by atoms with Gasteiger partial charge in [0.1, 0.15) is 0 Å². The molecule has 0 saturated carbocycles. The Morgan fingerprint density at radius 1 is 1.38 bits per heavy atom. The Labute approximate surface area is 136 Å². The molecule has 0 fully saturated rings. The minimum absolute atomic E-state index is 0.229. The number of rotatable bonds is 4. The standard InChI is InChI=1S/C15H17BrN4S/c1-9-4-15-18-7-14(11(3)20(15)19-9)10(2)17-6-13-5-12(16)8-21-13/h4-5,7-8,10,17H,6H2,1-3H3. The van der Waals surface area contributed by atoms with E-state index in [9.17, 15) is 0 Å². The number of hydrogen-bond donors (Lipinski definition) is 1. The Morgan fingerprint density at radius 2 is 2.19 bits per heavy atom. The van der Waals surface area contributed by atoms with Gasteiger partial charge in [0, 0.05) is 50.8 Å². The molecule has 110 valence electrons. The third-order valence-corrected chi connectivity index (χ3v) is 5.25. The Morgan fingerprint density at radius 3 is 2.90 bits per heavy atom. The molecule has 3 aromatic rings. The van der Waals surface area contributed by atoms with Gasteiger partial charge in [-0.1, -0.05) is 0 Å². The van der Waals surface area contributed by atoms with Gasteiger partial charge in [0.2, 0.25) is 0 Å². The molecule has 0 aromatic carbocycles. The molecule has 3 heterocycles. The lowest BCUT2D eigenvalue weighted by Crippen LogP contribution is -2.19. The van der Waals surface area contributed by atoms with Gasteiger partial charge in [-0.3, -0.25) is 0 Å². The molecule has 0 spiro atoms. The van der Waals surface area contributed by atoms with Crippen molar-refractivity contribution in [3.05, 3.63) is 50.0 Å². The van der Waals surface area contributed by atoms with Crippen LogP contribution in [0.25, 0.3) is 5.65 Å². The quantitative estimate of drug-likeness (QED) is 0.759. The summed E-state index contributed by atoms with van der Waals surface area (Å²) in [5, 5.41) is 10.2. The lowest BCUT2D eigenvalue weighted by atomic mass is 10.1. The van der Waals surface area contributed by atoms with Crippen LogP contribution in [0.5, 0.6) is 0 Å². The van der Waals surface area contributed by atoms with Crippen molar-refractivity contribution < 1.29 is 0 Å². The fraction of sp³-hybridized carbons (Fsp3) is 0.333. The summed E-state index contributed by atoms with van der Waals surface area (Å²) in [6.45, 7) is 7.10. The Balaban J connectivity index is 1.80. The van der Waals surface area contributed by atoms with Crippen molar-refractivity contribution >= 4 is 32.9 Å². The number of aromatic nitrogens is 3. The van der Waals surface area contributed by atoms with E-state index in [1.165, 1.54) is 10.4 Å². The highest BCUT2D eigenvalue weighted by Crippen LogP contribution is 2.22. The summed E-state index contributed by atoms with van der Waals surface area (Å²) in [6, 6.07) is 4.38. The molecule has 0 radical (unpaired) electrons. The van der Waals surface area contributed by atoms with Crippen LogP contribution in [-0.2, 0) is 6.54 Å². The first-order valence-electron chi connectivity index (χ1n) is 6.83. The Hall–Kier alpha value is -1.24. The monoisotopic (exact) mass is 364 g/mol. The normalized spacial score (nSPS) is 13.0.